The second kappa shape index (κ2) is 22.1. The molecular weight excluding hydrogens is 500 g/mol. The Bertz CT molecular complexity index is 490. The van der Waals surface area contributed by atoms with Crippen molar-refractivity contribution in [2.75, 3.05) is 52.7 Å². The van der Waals surface area contributed by atoms with Crippen molar-refractivity contribution in [3.63, 3.8) is 0 Å². The molecule has 0 saturated heterocycles. The molecule has 10 nitrogen and oxygen atoms in total. The van der Waals surface area contributed by atoms with Crippen LogP contribution >= 0.6 is 0 Å². The van der Waals surface area contributed by atoms with Crippen LogP contribution < -0.4 is 10.6 Å². The summed E-state index contributed by atoms with van der Waals surface area (Å²) in [4.78, 5) is 24.3. The van der Waals surface area contributed by atoms with Gasteiger partial charge in [0.15, 0.2) is 0 Å². The number of carbonyl (C=O) groups excluding carboxylic acids is 2. The van der Waals surface area contributed by atoms with Gasteiger partial charge in [0, 0.05) is 77.7 Å². The number of amides is 2. The summed E-state index contributed by atoms with van der Waals surface area (Å²) in [6.07, 6.45) is 3.63. The summed E-state index contributed by atoms with van der Waals surface area (Å²) in [5, 5.41) is 5.88. The average Bonchev–Trinajstić information content (AvgIpc) is 2.83. The normalized spacial score (nSPS) is 12.1. The monoisotopic (exact) mass is 552 g/mol. The summed E-state index contributed by atoms with van der Waals surface area (Å²) in [5.74, 6) is -0.00745. The van der Waals surface area contributed by atoms with Gasteiger partial charge in [-0.15, -0.1) is 0 Å². The molecular formula is C24H52N2O8Si2. The van der Waals surface area contributed by atoms with Gasteiger partial charge in [-0.1, -0.05) is 0 Å². The van der Waals surface area contributed by atoms with Gasteiger partial charge >= 0.3 is 17.6 Å². The van der Waals surface area contributed by atoms with Crippen molar-refractivity contribution in [2.45, 2.75) is 92.2 Å². The summed E-state index contributed by atoms with van der Waals surface area (Å²) in [7, 11) is -5.33. The van der Waals surface area contributed by atoms with Crippen LogP contribution in [0.15, 0.2) is 0 Å². The molecule has 0 aromatic heterocycles. The third-order valence-corrected chi connectivity index (χ3v) is 11.5. The molecule has 214 valence electrons. The predicted octanol–water partition coefficient (Wildman–Crippen LogP) is 3.66. The number of hydrogen-bond acceptors (Lipinski definition) is 8. The summed E-state index contributed by atoms with van der Waals surface area (Å²) in [5.41, 5.74) is 0. The maximum atomic E-state index is 12.1. The fourth-order valence-corrected chi connectivity index (χ4v) is 9.04. The molecule has 0 fully saturated rings. The highest BCUT2D eigenvalue weighted by atomic mass is 28.4. The number of nitrogens with one attached hydrogen (secondary N) is 2. The number of rotatable bonds is 25. The Hall–Kier alpha value is -0.866. The first-order valence-electron chi connectivity index (χ1n) is 13.7. The van der Waals surface area contributed by atoms with Gasteiger partial charge in [-0.2, -0.15) is 0 Å². The third kappa shape index (κ3) is 16.1. The first-order valence-corrected chi connectivity index (χ1v) is 17.6. The van der Waals surface area contributed by atoms with Gasteiger partial charge in [0.1, 0.15) is 0 Å². The summed E-state index contributed by atoms with van der Waals surface area (Å²) < 4.78 is 35.0. The van der Waals surface area contributed by atoms with E-state index < -0.39 is 17.6 Å². The highest BCUT2D eigenvalue weighted by molar-refractivity contribution is 6.61. The van der Waals surface area contributed by atoms with Crippen LogP contribution in [0.2, 0.25) is 12.1 Å². The largest absolute Gasteiger partial charge is 0.500 e. The molecule has 2 N–H and O–H groups in total. The lowest BCUT2D eigenvalue weighted by molar-refractivity contribution is -0.123. The van der Waals surface area contributed by atoms with Crippen molar-refractivity contribution in [3.05, 3.63) is 0 Å². The van der Waals surface area contributed by atoms with E-state index in [-0.39, 0.29) is 11.8 Å². The van der Waals surface area contributed by atoms with Gasteiger partial charge in [0.2, 0.25) is 11.8 Å². The predicted molar refractivity (Wildman–Crippen MR) is 145 cm³/mol. The zero-order valence-electron chi connectivity index (χ0n) is 23.6. The van der Waals surface area contributed by atoms with Crippen LogP contribution in [0, 0.1) is 0 Å². The van der Waals surface area contributed by atoms with Crippen LogP contribution in [0.1, 0.15) is 80.1 Å². The van der Waals surface area contributed by atoms with E-state index in [0.717, 1.165) is 12.8 Å². The average molecular weight is 553 g/mol. The highest BCUT2D eigenvalue weighted by Gasteiger charge is 2.40. The Labute approximate surface area is 221 Å². The van der Waals surface area contributed by atoms with Crippen LogP contribution in [0.25, 0.3) is 0 Å². The maximum Gasteiger partial charge on any atom is 0.500 e. The molecule has 2 amide bonds. The Morgan fingerprint density at radius 3 is 1.03 bits per heavy atom. The van der Waals surface area contributed by atoms with Gasteiger partial charge < -0.3 is 37.2 Å². The van der Waals surface area contributed by atoms with E-state index in [4.69, 9.17) is 26.6 Å². The molecule has 0 spiro atoms. The molecule has 0 rings (SSSR count). The summed E-state index contributed by atoms with van der Waals surface area (Å²) >= 11 is 0. The van der Waals surface area contributed by atoms with E-state index in [0.29, 0.717) is 90.5 Å². The van der Waals surface area contributed by atoms with Crippen LogP contribution in [0.3, 0.4) is 0 Å². The number of carbonyl (C=O) groups is 2. The van der Waals surface area contributed by atoms with E-state index in [2.05, 4.69) is 10.6 Å². The lowest BCUT2D eigenvalue weighted by Crippen LogP contribution is -2.46. The van der Waals surface area contributed by atoms with E-state index in [1.54, 1.807) is 0 Å². The zero-order chi connectivity index (χ0) is 27.1. The van der Waals surface area contributed by atoms with Gasteiger partial charge in [-0.3, -0.25) is 9.59 Å². The van der Waals surface area contributed by atoms with Crippen LogP contribution in [0.4, 0.5) is 0 Å². The van der Waals surface area contributed by atoms with Crippen molar-refractivity contribution in [1.82, 2.24) is 10.6 Å². The number of hydrogen-bond donors (Lipinski definition) is 2. The quantitative estimate of drug-likeness (QED) is 0.130. The molecule has 0 aliphatic carbocycles. The van der Waals surface area contributed by atoms with Gasteiger partial charge in [0.25, 0.3) is 0 Å². The van der Waals surface area contributed by atoms with Crippen molar-refractivity contribution >= 4 is 29.4 Å². The minimum Gasteiger partial charge on any atom is -0.374 e. The van der Waals surface area contributed by atoms with Gasteiger partial charge in [-0.05, 0) is 67.2 Å². The smallest absolute Gasteiger partial charge is 0.374 e. The maximum absolute atomic E-state index is 12.1. The van der Waals surface area contributed by atoms with E-state index in [1.807, 2.05) is 41.5 Å². The fraction of sp³-hybridized carbons (Fsp3) is 0.917. The molecule has 0 heterocycles. The Kier molecular flexibility index (Phi) is 21.6. The molecule has 0 bridgehead atoms. The first kappa shape index (κ1) is 35.1. The lowest BCUT2D eigenvalue weighted by Gasteiger charge is -2.28. The third-order valence-electron chi connectivity index (χ3n) is 5.21. The minimum absolute atomic E-state index is 0.00373. The van der Waals surface area contributed by atoms with Crippen molar-refractivity contribution in [2.24, 2.45) is 0 Å². The molecule has 0 unspecified atom stereocenters. The van der Waals surface area contributed by atoms with Crippen molar-refractivity contribution in [1.29, 1.82) is 0 Å². The Morgan fingerprint density at radius 2 is 0.778 bits per heavy atom. The molecule has 0 radical (unpaired) electrons. The lowest BCUT2D eigenvalue weighted by atomic mass is 10.2. The Balaban J connectivity index is 4.07. The highest BCUT2D eigenvalue weighted by Crippen LogP contribution is 2.19. The molecule has 12 heteroatoms. The van der Waals surface area contributed by atoms with Crippen LogP contribution in [-0.4, -0.2) is 82.2 Å². The summed E-state index contributed by atoms with van der Waals surface area (Å²) in [6, 6.07) is 1.35. The van der Waals surface area contributed by atoms with E-state index >= 15 is 0 Å². The molecule has 0 atom stereocenters. The number of unbranched alkanes of at least 4 members (excludes halogenated alkanes) is 1. The molecule has 36 heavy (non-hydrogen) atoms. The topological polar surface area (TPSA) is 114 Å². The first-order chi connectivity index (χ1) is 17.4. The fourth-order valence-electron chi connectivity index (χ4n) is 3.82. The van der Waals surface area contributed by atoms with Crippen molar-refractivity contribution < 1.29 is 36.1 Å². The van der Waals surface area contributed by atoms with Gasteiger partial charge in [0.05, 0.1) is 0 Å². The van der Waals surface area contributed by atoms with Crippen LogP contribution in [0.5, 0.6) is 0 Å². The van der Waals surface area contributed by atoms with Crippen LogP contribution in [-0.2, 0) is 36.1 Å². The molecule has 0 saturated carbocycles. The van der Waals surface area contributed by atoms with Crippen molar-refractivity contribution in [3.8, 4) is 0 Å². The second-order valence-electron chi connectivity index (χ2n) is 8.08. The molecule has 0 aliphatic heterocycles. The molecule has 0 aromatic carbocycles. The van der Waals surface area contributed by atoms with Gasteiger partial charge in [-0.25, -0.2) is 0 Å². The van der Waals surface area contributed by atoms with E-state index in [1.165, 1.54) is 0 Å². The summed E-state index contributed by atoms with van der Waals surface area (Å²) in [6.45, 7) is 16.0. The molecule has 0 aromatic rings. The Morgan fingerprint density at radius 1 is 0.500 bits per heavy atom. The SMILES string of the molecule is CCO[Si](CCCNC(=O)CCCCC(=O)NCCC[Si](OCC)(OCC)OCC)(OCC)OCC. The standard InChI is InChI=1S/C24H52N2O8Si2/c1-7-29-35(30-8-2,31-9-3)21-15-19-25-23(27)17-13-14-18-24(28)26-20-16-22-36(32-10-4,33-11-5)34-12-6/h7-22H2,1-6H3,(H,25,27)(H,26,28). The minimum atomic E-state index is -2.66. The van der Waals surface area contributed by atoms with E-state index in [9.17, 15) is 9.59 Å². The second-order valence-corrected chi connectivity index (χ2v) is 13.5. The zero-order valence-corrected chi connectivity index (χ0v) is 25.6. The molecule has 0 aliphatic rings.